The maximum atomic E-state index is 13.6. The zero-order valence-electron chi connectivity index (χ0n) is 10.5. The zero-order valence-corrected chi connectivity index (χ0v) is 10.5. The summed E-state index contributed by atoms with van der Waals surface area (Å²) in [5, 5.41) is 8.01. The van der Waals surface area contributed by atoms with Gasteiger partial charge in [0, 0.05) is 13.1 Å². The van der Waals surface area contributed by atoms with Gasteiger partial charge in [-0.3, -0.25) is 4.79 Å². The monoisotopic (exact) mass is 260 g/mol. The van der Waals surface area contributed by atoms with E-state index in [0.717, 1.165) is 11.6 Å². The Bertz CT molecular complexity index is 637. The third kappa shape index (κ3) is 1.99. The Kier molecular flexibility index (Phi) is 2.77. The molecule has 0 saturated heterocycles. The first kappa shape index (κ1) is 11.8. The summed E-state index contributed by atoms with van der Waals surface area (Å²) in [6, 6.07) is 6.03. The predicted molar refractivity (Wildman–Crippen MR) is 65.9 cm³/mol. The summed E-state index contributed by atoms with van der Waals surface area (Å²) in [4.78, 5) is 13.9. The van der Waals surface area contributed by atoms with Gasteiger partial charge in [-0.1, -0.05) is 12.1 Å². The fourth-order valence-electron chi connectivity index (χ4n) is 2.28. The topological polar surface area (TPSA) is 51.0 Å². The van der Waals surface area contributed by atoms with Crippen LogP contribution in [0.5, 0.6) is 0 Å². The summed E-state index contributed by atoms with van der Waals surface area (Å²) in [5.74, 6) is 0.794. The number of aromatic nitrogens is 3. The van der Waals surface area contributed by atoms with E-state index < -0.39 is 5.82 Å². The molecule has 2 aromatic rings. The van der Waals surface area contributed by atoms with E-state index in [1.807, 2.05) is 11.5 Å². The first-order valence-electron chi connectivity index (χ1n) is 6.09. The van der Waals surface area contributed by atoms with Crippen LogP contribution in [0.3, 0.4) is 0 Å². The van der Waals surface area contributed by atoms with Crippen LogP contribution < -0.4 is 0 Å². The molecular weight excluding hydrogens is 247 g/mol. The van der Waals surface area contributed by atoms with Gasteiger partial charge in [-0.2, -0.15) is 0 Å². The first-order valence-corrected chi connectivity index (χ1v) is 6.09. The minimum Gasteiger partial charge on any atom is -0.329 e. The van der Waals surface area contributed by atoms with Crippen molar-refractivity contribution >= 4 is 5.91 Å². The minimum atomic E-state index is -0.490. The number of carbonyl (C=O) groups is 1. The molecule has 6 heteroatoms. The molecule has 0 radical (unpaired) electrons. The van der Waals surface area contributed by atoms with Gasteiger partial charge in [0.2, 0.25) is 0 Å². The van der Waals surface area contributed by atoms with E-state index in [-0.39, 0.29) is 11.5 Å². The number of benzene rings is 1. The Labute approximate surface area is 109 Å². The Hall–Kier alpha value is -2.24. The van der Waals surface area contributed by atoms with Crippen molar-refractivity contribution in [2.24, 2.45) is 0 Å². The van der Waals surface area contributed by atoms with Crippen LogP contribution in [-0.4, -0.2) is 32.1 Å². The number of carbonyl (C=O) groups excluding carboxylic acids is 1. The lowest BCUT2D eigenvalue weighted by molar-refractivity contribution is 0.0702. The SMILES string of the molecule is Cc1nnc2n1CCN(C(=O)c1ccccc1F)C2. The number of rotatable bonds is 1. The second-order valence-corrected chi connectivity index (χ2v) is 4.52. The normalized spacial score (nSPS) is 14.3. The van der Waals surface area contributed by atoms with Crippen LogP contribution in [0.15, 0.2) is 24.3 Å². The molecular formula is C13H13FN4O. The van der Waals surface area contributed by atoms with E-state index in [9.17, 15) is 9.18 Å². The summed E-state index contributed by atoms with van der Waals surface area (Å²) >= 11 is 0. The molecule has 19 heavy (non-hydrogen) atoms. The summed E-state index contributed by atoms with van der Waals surface area (Å²) in [6.07, 6.45) is 0. The molecule has 98 valence electrons. The smallest absolute Gasteiger partial charge is 0.257 e. The fraction of sp³-hybridized carbons (Fsp3) is 0.308. The van der Waals surface area contributed by atoms with E-state index in [1.165, 1.54) is 12.1 Å². The van der Waals surface area contributed by atoms with E-state index in [0.29, 0.717) is 19.6 Å². The van der Waals surface area contributed by atoms with Crippen molar-refractivity contribution < 1.29 is 9.18 Å². The number of hydrogen-bond acceptors (Lipinski definition) is 3. The summed E-state index contributed by atoms with van der Waals surface area (Å²) in [6.45, 7) is 3.44. The van der Waals surface area contributed by atoms with Crippen molar-refractivity contribution in [3.05, 3.63) is 47.3 Å². The zero-order chi connectivity index (χ0) is 13.4. The number of nitrogens with zero attached hydrogens (tertiary/aromatic N) is 4. The van der Waals surface area contributed by atoms with Gasteiger partial charge in [-0.25, -0.2) is 4.39 Å². The average Bonchev–Trinajstić information content (AvgIpc) is 2.80. The summed E-state index contributed by atoms with van der Waals surface area (Å²) in [7, 11) is 0. The van der Waals surface area contributed by atoms with Gasteiger partial charge in [0.1, 0.15) is 11.6 Å². The van der Waals surface area contributed by atoms with Crippen LogP contribution in [0.2, 0.25) is 0 Å². The molecule has 0 saturated carbocycles. The predicted octanol–water partition coefficient (Wildman–Crippen LogP) is 1.38. The molecule has 3 rings (SSSR count). The third-order valence-electron chi connectivity index (χ3n) is 3.33. The van der Waals surface area contributed by atoms with E-state index >= 15 is 0 Å². The number of fused-ring (bicyclic) bond motifs is 1. The first-order chi connectivity index (χ1) is 9.16. The van der Waals surface area contributed by atoms with E-state index in [4.69, 9.17) is 0 Å². The highest BCUT2D eigenvalue weighted by Gasteiger charge is 2.25. The van der Waals surface area contributed by atoms with Gasteiger partial charge in [-0.15, -0.1) is 10.2 Å². The van der Waals surface area contributed by atoms with Crippen molar-refractivity contribution in [2.45, 2.75) is 20.0 Å². The molecule has 0 fully saturated rings. The Morgan fingerprint density at radius 3 is 2.84 bits per heavy atom. The molecule has 0 bridgehead atoms. The van der Waals surface area contributed by atoms with E-state index in [1.54, 1.807) is 17.0 Å². The summed E-state index contributed by atoms with van der Waals surface area (Å²) < 4.78 is 15.6. The number of hydrogen-bond donors (Lipinski definition) is 0. The van der Waals surface area contributed by atoms with Crippen molar-refractivity contribution in [3.63, 3.8) is 0 Å². The highest BCUT2D eigenvalue weighted by atomic mass is 19.1. The lowest BCUT2D eigenvalue weighted by Gasteiger charge is -2.27. The molecule has 1 aromatic heterocycles. The van der Waals surface area contributed by atoms with Gasteiger partial charge < -0.3 is 9.47 Å². The lowest BCUT2D eigenvalue weighted by Crippen LogP contribution is -2.39. The maximum Gasteiger partial charge on any atom is 0.257 e. The van der Waals surface area contributed by atoms with Crippen molar-refractivity contribution in [1.82, 2.24) is 19.7 Å². The largest absolute Gasteiger partial charge is 0.329 e. The van der Waals surface area contributed by atoms with Gasteiger partial charge in [-0.05, 0) is 19.1 Å². The van der Waals surface area contributed by atoms with Crippen molar-refractivity contribution in [2.75, 3.05) is 6.54 Å². The van der Waals surface area contributed by atoms with E-state index in [2.05, 4.69) is 10.2 Å². The Morgan fingerprint density at radius 1 is 1.26 bits per heavy atom. The molecule has 1 amide bonds. The van der Waals surface area contributed by atoms with Gasteiger partial charge in [0.05, 0.1) is 12.1 Å². The highest BCUT2D eigenvalue weighted by molar-refractivity contribution is 5.94. The molecule has 1 aliphatic rings. The quantitative estimate of drug-likeness (QED) is 0.778. The van der Waals surface area contributed by atoms with Crippen LogP contribution >= 0.6 is 0 Å². The van der Waals surface area contributed by atoms with Gasteiger partial charge in [0.15, 0.2) is 5.82 Å². The average molecular weight is 260 g/mol. The van der Waals surface area contributed by atoms with Crippen LogP contribution in [0.4, 0.5) is 4.39 Å². The fourth-order valence-corrected chi connectivity index (χ4v) is 2.28. The van der Waals surface area contributed by atoms with Gasteiger partial charge in [0.25, 0.3) is 5.91 Å². The third-order valence-corrected chi connectivity index (χ3v) is 3.33. The van der Waals surface area contributed by atoms with Crippen LogP contribution in [0.25, 0.3) is 0 Å². The summed E-state index contributed by atoms with van der Waals surface area (Å²) in [5.41, 5.74) is 0.104. The Balaban J connectivity index is 1.86. The minimum absolute atomic E-state index is 0.104. The molecule has 0 atom stereocenters. The maximum absolute atomic E-state index is 13.6. The lowest BCUT2D eigenvalue weighted by atomic mass is 10.1. The molecule has 2 heterocycles. The molecule has 0 unspecified atom stereocenters. The molecule has 0 aliphatic carbocycles. The van der Waals surface area contributed by atoms with Crippen LogP contribution in [0.1, 0.15) is 22.0 Å². The van der Waals surface area contributed by atoms with Crippen LogP contribution in [-0.2, 0) is 13.1 Å². The molecule has 0 N–H and O–H groups in total. The molecule has 5 nitrogen and oxygen atoms in total. The Morgan fingerprint density at radius 2 is 2.05 bits per heavy atom. The molecule has 1 aliphatic heterocycles. The standard InChI is InChI=1S/C13H13FN4O/c1-9-15-16-12-8-17(6-7-18(9)12)13(19)10-4-2-3-5-11(10)14/h2-5H,6-8H2,1H3. The molecule has 1 aromatic carbocycles. The van der Waals surface area contributed by atoms with Gasteiger partial charge >= 0.3 is 0 Å². The van der Waals surface area contributed by atoms with Crippen LogP contribution in [0, 0.1) is 12.7 Å². The second kappa shape index (κ2) is 4.46. The molecule has 0 spiro atoms. The van der Waals surface area contributed by atoms with Crippen molar-refractivity contribution in [3.8, 4) is 0 Å². The number of halogens is 1. The highest BCUT2D eigenvalue weighted by Crippen LogP contribution is 2.16. The number of aryl methyl sites for hydroxylation is 1. The second-order valence-electron chi connectivity index (χ2n) is 4.52. The number of amides is 1. The van der Waals surface area contributed by atoms with Crippen molar-refractivity contribution in [1.29, 1.82) is 0 Å².